The van der Waals surface area contributed by atoms with E-state index in [4.69, 9.17) is 0 Å². The fourth-order valence-corrected chi connectivity index (χ4v) is 2.78. The molecular formula is C21H18N4O3. The van der Waals surface area contributed by atoms with Crippen molar-refractivity contribution in [1.29, 1.82) is 0 Å². The number of benzene rings is 2. The van der Waals surface area contributed by atoms with E-state index in [1.165, 1.54) is 0 Å². The third kappa shape index (κ3) is 4.59. The molecule has 0 saturated carbocycles. The summed E-state index contributed by atoms with van der Waals surface area (Å²) in [6, 6.07) is 18.2. The predicted octanol–water partition coefficient (Wildman–Crippen LogP) is 2.85. The molecule has 28 heavy (non-hydrogen) atoms. The Morgan fingerprint density at radius 1 is 0.964 bits per heavy atom. The Hall–Kier alpha value is -4.00. The average molecular weight is 374 g/mol. The maximum Gasteiger partial charge on any atom is 0.334 e. The average Bonchev–Trinajstić information content (AvgIpc) is 2.72. The molecule has 0 bridgehead atoms. The summed E-state index contributed by atoms with van der Waals surface area (Å²) in [5, 5.41) is 15.3. The molecule has 1 amide bonds. The highest BCUT2D eigenvalue weighted by atomic mass is 16.4. The molecule has 0 aliphatic carbocycles. The van der Waals surface area contributed by atoms with Gasteiger partial charge in [0.15, 0.2) is 0 Å². The van der Waals surface area contributed by atoms with Gasteiger partial charge in [-0.2, -0.15) is 0 Å². The molecule has 1 heterocycles. The lowest BCUT2D eigenvalue weighted by molar-refractivity contribution is -0.132. The van der Waals surface area contributed by atoms with E-state index in [9.17, 15) is 14.7 Å². The second-order valence-corrected chi connectivity index (χ2v) is 5.80. The SMILES string of the molecule is O=CNCC(C(=O)O)=C(c1ccccc1)c1cccc(Nc2ncccn2)c1. The Bertz CT molecular complexity index is 989. The van der Waals surface area contributed by atoms with Crippen LogP contribution in [0.4, 0.5) is 11.6 Å². The van der Waals surface area contributed by atoms with Gasteiger partial charge >= 0.3 is 5.97 Å². The molecule has 2 aromatic carbocycles. The lowest BCUT2D eigenvalue weighted by atomic mass is 9.92. The molecule has 0 unspecified atom stereocenters. The Kier molecular flexibility index (Phi) is 6.10. The van der Waals surface area contributed by atoms with Crippen LogP contribution in [0.1, 0.15) is 11.1 Å². The van der Waals surface area contributed by atoms with Gasteiger partial charge in [-0.05, 0) is 29.3 Å². The summed E-state index contributed by atoms with van der Waals surface area (Å²) >= 11 is 0. The highest BCUT2D eigenvalue weighted by Gasteiger charge is 2.18. The van der Waals surface area contributed by atoms with Crippen LogP contribution in [0.3, 0.4) is 0 Å². The van der Waals surface area contributed by atoms with E-state index in [0.29, 0.717) is 29.2 Å². The minimum absolute atomic E-state index is 0.0893. The molecule has 0 radical (unpaired) electrons. The second-order valence-electron chi connectivity index (χ2n) is 5.80. The summed E-state index contributed by atoms with van der Waals surface area (Å²) in [5.74, 6) is -0.663. The number of amides is 1. The number of rotatable bonds is 8. The molecule has 0 spiro atoms. The van der Waals surface area contributed by atoms with E-state index < -0.39 is 5.97 Å². The van der Waals surface area contributed by atoms with Crippen LogP contribution >= 0.6 is 0 Å². The van der Waals surface area contributed by atoms with Gasteiger partial charge in [-0.1, -0.05) is 42.5 Å². The summed E-state index contributed by atoms with van der Waals surface area (Å²) in [6.07, 6.45) is 3.74. The Morgan fingerprint density at radius 2 is 1.68 bits per heavy atom. The number of anilines is 2. The number of carbonyl (C=O) groups is 2. The minimum Gasteiger partial charge on any atom is -0.478 e. The quantitative estimate of drug-likeness (QED) is 0.414. The Morgan fingerprint density at radius 3 is 2.36 bits per heavy atom. The minimum atomic E-state index is -1.10. The van der Waals surface area contributed by atoms with Gasteiger partial charge in [0, 0.05) is 23.7 Å². The zero-order valence-electron chi connectivity index (χ0n) is 14.9. The van der Waals surface area contributed by atoms with Crippen LogP contribution in [0.2, 0.25) is 0 Å². The largest absolute Gasteiger partial charge is 0.478 e. The third-order valence-electron chi connectivity index (χ3n) is 3.96. The summed E-state index contributed by atoms with van der Waals surface area (Å²) in [4.78, 5) is 30.9. The number of carboxylic acid groups (broad SMARTS) is 1. The summed E-state index contributed by atoms with van der Waals surface area (Å²) in [5.41, 5.74) is 2.76. The van der Waals surface area contributed by atoms with E-state index in [2.05, 4.69) is 20.6 Å². The normalized spacial score (nSPS) is 11.3. The van der Waals surface area contributed by atoms with Gasteiger partial charge in [0.1, 0.15) is 0 Å². The highest BCUT2D eigenvalue weighted by molar-refractivity contribution is 6.01. The van der Waals surface area contributed by atoms with Crippen LogP contribution in [0.15, 0.2) is 78.6 Å². The first-order valence-electron chi connectivity index (χ1n) is 8.52. The Labute approximate surface area is 161 Å². The van der Waals surface area contributed by atoms with E-state index in [0.717, 1.165) is 5.56 Å². The fraction of sp³-hybridized carbons (Fsp3) is 0.0476. The van der Waals surface area contributed by atoms with Crippen molar-refractivity contribution in [3.8, 4) is 0 Å². The van der Waals surface area contributed by atoms with Crippen molar-refractivity contribution >= 4 is 29.6 Å². The molecule has 7 heteroatoms. The lowest BCUT2D eigenvalue weighted by Crippen LogP contribution is -2.21. The molecule has 7 nitrogen and oxygen atoms in total. The standard InChI is InChI=1S/C21H18N4O3/c26-14-22-13-18(20(27)28)19(15-6-2-1-3-7-15)16-8-4-9-17(12-16)25-21-23-10-5-11-24-21/h1-12,14H,13H2,(H,22,26)(H,27,28)(H,23,24,25). The van der Waals surface area contributed by atoms with Gasteiger partial charge in [-0.25, -0.2) is 14.8 Å². The van der Waals surface area contributed by atoms with Gasteiger partial charge in [-0.3, -0.25) is 4.79 Å². The van der Waals surface area contributed by atoms with Crippen LogP contribution in [0, 0.1) is 0 Å². The number of aromatic nitrogens is 2. The van der Waals surface area contributed by atoms with Gasteiger partial charge in [-0.15, -0.1) is 0 Å². The summed E-state index contributed by atoms with van der Waals surface area (Å²) < 4.78 is 0. The van der Waals surface area contributed by atoms with Crippen LogP contribution in [0.25, 0.3) is 5.57 Å². The van der Waals surface area contributed by atoms with E-state index >= 15 is 0 Å². The molecule has 3 aromatic rings. The molecule has 3 rings (SSSR count). The Balaban J connectivity index is 2.09. The van der Waals surface area contributed by atoms with Gasteiger partial charge in [0.2, 0.25) is 12.4 Å². The summed E-state index contributed by atoms with van der Waals surface area (Å²) in [7, 11) is 0. The van der Waals surface area contributed by atoms with Crippen molar-refractivity contribution < 1.29 is 14.7 Å². The molecule has 3 N–H and O–H groups in total. The van der Waals surface area contributed by atoms with E-state index in [1.807, 2.05) is 54.6 Å². The number of carboxylic acids is 1. The van der Waals surface area contributed by atoms with Gasteiger partial charge in [0.25, 0.3) is 0 Å². The number of hydrogen-bond donors (Lipinski definition) is 3. The zero-order chi connectivity index (χ0) is 19.8. The van der Waals surface area contributed by atoms with E-state index in [1.54, 1.807) is 18.5 Å². The lowest BCUT2D eigenvalue weighted by Gasteiger charge is -2.15. The molecular weight excluding hydrogens is 356 g/mol. The molecule has 0 aliphatic rings. The van der Waals surface area contributed by atoms with Crippen molar-refractivity contribution in [3.63, 3.8) is 0 Å². The number of nitrogens with one attached hydrogen (secondary N) is 2. The number of nitrogens with zero attached hydrogens (tertiary/aromatic N) is 2. The van der Waals surface area contributed by atoms with Gasteiger partial charge < -0.3 is 15.7 Å². The fourth-order valence-electron chi connectivity index (χ4n) is 2.78. The van der Waals surface area contributed by atoms with Crippen molar-refractivity contribution in [2.75, 3.05) is 11.9 Å². The third-order valence-corrected chi connectivity index (χ3v) is 3.96. The molecule has 0 fully saturated rings. The number of hydrogen-bond acceptors (Lipinski definition) is 5. The first-order chi connectivity index (χ1) is 13.7. The second kappa shape index (κ2) is 9.09. The molecule has 0 aliphatic heterocycles. The summed E-state index contributed by atoms with van der Waals surface area (Å²) in [6.45, 7) is -0.0947. The highest BCUT2D eigenvalue weighted by Crippen LogP contribution is 2.29. The van der Waals surface area contributed by atoms with Crippen molar-refractivity contribution in [1.82, 2.24) is 15.3 Å². The molecule has 0 saturated heterocycles. The van der Waals surface area contributed by atoms with Gasteiger partial charge in [0.05, 0.1) is 12.1 Å². The number of aliphatic carboxylic acids is 1. The first-order valence-corrected chi connectivity index (χ1v) is 8.52. The molecule has 0 atom stereocenters. The van der Waals surface area contributed by atoms with Crippen LogP contribution in [-0.4, -0.2) is 34.0 Å². The van der Waals surface area contributed by atoms with Crippen LogP contribution < -0.4 is 10.6 Å². The topological polar surface area (TPSA) is 104 Å². The smallest absolute Gasteiger partial charge is 0.334 e. The first kappa shape index (κ1) is 18.8. The maximum absolute atomic E-state index is 11.9. The van der Waals surface area contributed by atoms with Crippen molar-refractivity contribution in [3.05, 3.63) is 89.8 Å². The maximum atomic E-state index is 11.9. The van der Waals surface area contributed by atoms with Crippen molar-refractivity contribution in [2.45, 2.75) is 0 Å². The van der Waals surface area contributed by atoms with Crippen LogP contribution in [0.5, 0.6) is 0 Å². The van der Waals surface area contributed by atoms with E-state index in [-0.39, 0.29) is 12.1 Å². The predicted molar refractivity (Wildman–Crippen MR) is 106 cm³/mol. The zero-order valence-corrected chi connectivity index (χ0v) is 14.9. The van der Waals surface area contributed by atoms with Crippen LogP contribution in [-0.2, 0) is 9.59 Å². The van der Waals surface area contributed by atoms with Crippen molar-refractivity contribution in [2.24, 2.45) is 0 Å². The molecule has 140 valence electrons. The monoisotopic (exact) mass is 374 g/mol. The molecule has 1 aromatic heterocycles. The number of carbonyl (C=O) groups excluding carboxylic acids is 1.